The minimum absolute atomic E-state index is 0.157. The van der Waals surface area contributed by atoms with Crippen molar-refractivity contribution in [2.24, 2.45) is 17.8 Å². The van der Waals surface area contributed by atoms with Crippen LogP contribution in [0.4, 0.5) is 10.3 Å². The van der Waals surface area contributed by atoms with Gasteiger partial charge in [-0.05, 0) is 113 Å². The predicted octanol–water partition coefficient (Wildman–Crippen LogP) is 8.67. The van der Waals surface area contributed by atoms with Crippen LogP contribution < -0.4 is 4.90 Å². The lowest BCUT2D eigenvalue weighted by molar-refractivity contribution is 0.0943. The van der Waals surface area contributed by atoms with Crippen molar-refractivity contribution < 1.29 is 8.81 Å². The van der Waals surface area contributed by atoms with Gasteiger partial charge in [-0.2, -0.15) is 0 Å². The highest BCUT2D eigenvalue weighted by Gasteiger charge is 2.35. The zero-order chi connectivity index (χ0) is 30.5. The van der Waals surface area contributed by atoms with Gasteiger partial charge in [-0.15, -0.1) is 0 Å². The maximum atomic E-state index is 13.7. The van der Waals surface area contributed by atoms with Crippen LogP contribution in [0.2, 0.25) is 0 Å². The zero-order valence-electron chi connectivity index (χ0n) is 27.3. The molecule has 2 aliphatic heterocycles. The average Bonchev–Trinajstić information content (AvgIpc) is 3.46. The maximum absolute atomic E-state index is 13.7. The molecule has 2 saturated heterocycles. The summed E-state index contributed by atoms with van der Waals surface area (Å²) in [5.41, 5.74) is 3.64. The summed E-state index contributed by atoms with van der Waals surface area (Å²) in [6.07, 6.45) is 13.1. The number of benzene rings is 2. The minimum Gasteiger partial charge on any atom is -0.423 e. The second kappa shape index (κ2) is 14.6. The third kappa shape index (κ3) is 7.56. The van der Waals surface area contributed by atoms with Crippen LogP contribution in [0.25, 0.3) is 0 Å². The van der Waals surface area contributed by atoms with E-state index in [0.29, 0.717) is 17.9 Å². The van der Waals surface area contributed by atoms with Crippen molar-refractivity contribution in [3.8, 4) is 0 Å². The number of piperidine rings is 2. The molecule has 0 spiro atoms. The second-order valence-corrected chi connectivity index (χ2v) is 14.2. The smallest absolute Gasteiger partial charge is 0.219 e. The Morgan fingerprint density at radius 2 is 1.55 bits per heavy atom. The Morgan fingerprint density at radius 3 is 2.20 bits per heavy atom. The highest BCUT2D eigenvalue weighted by atomic mass is 19.1. The number of oxazole rings is 1. The summed E-state index contributed by atoms with van der Waals surface area (Å²) >= 11 is 0. The number of likely N-dealkylation sites (tertiary alicyclic amines) is 1. The van der Waals surface area contributed by atoms with Crippen LogP contribution in [-0.4, -0.2) is 55.1 Å². The lowest BCUT2D eigenvalue weighted by atomic mass is 9.74. The van der Waals surface area contributed by atoms with E-state index in [2.05, 4.69) is 66.1 Å². The average molecular weight is 601 g/mol. The van der Waals surface area contributed by atoms with Gasteiger partial charge in [0.1, 0.15) is 11.5 Å². The van der Waals surface area contributed by atoms with Crippen molar-refractivity contribution in [2.75, 3.05) is 45.2 Å². The molecule has 3 aliphatic rings. The molecule has 0 amide bonds. The van der Waals surface area contributed by atoms with Crippen LogP contribution in [0.1, 0.15) is 106 Å². The molecule has 1 aromatic heterocycles. The molecule has 0 bridgehead atoms. The summed E-state index contributed by atoms with van der Waals surface area (Å²) < 4.78 is 20.6. The summed E-state index contributed by atoms with van der Waals surface area (Å²) in [6, 6.07) is 18.5. The van der Waals surface area contributed by atoms with E-state index in [1.54, 1.807) is 12.1 Å². The zero-order valence-corrected chi connectivity index (χ0v) is 27.3. The van der Waals surface area contributed by atoms with Crippen molar-refractivity contribution in [1.29, 1.82) is 0 Å². The van der Waals surface area contributed by atoms with Gasteiger partial charge in [-0.25, -0.2) is 9.37 Å². The molecule has 3 fully saturated rings. The number of nitrogens with zero attached hydrogens (tertiary/aromatic N) is 4. The number of hydrogen-bond donors (Lipinski definition) is 0. The molecule has 3 aromatic rings. The molecule has 5 nitrogen and oxygen atoms in total. The number of halogens is 1. The first-order valence-corrected chi connectivity index (χ1v) is 17.4. The minimum atomic E-state index is -0.157. The van der Waals surface area contributed by atoms with Gasteiger partial charge in [0.2, 0.25) is 11.8 Å². The number of aromatic nitrogens is 1. The van der Waals surface area contributed by atoms with Gasteiger partial charge in [0, 0.05) is 25.6 Å². The van der Waals surface area contributed by atoms with Crippen LogP contribution in [0.5, 0.6) is 0 Å². The van der Waals surface area contributed by atoms with Gasteiger partial charge in [0.15, 0.2) is 0 Å². The Bertz CT molecular complexity index is 1290. The van der Waals surface area contributed by atoms with Crippen molar-refractivity contribution in [3.05, 3.63) is 83.1 Å². The van der Waals surface area contributed by atoms with Gasteiger partial charge in [0.05, 0.1) is 6.04 Å². The molecule has 238 valence electrons. The van der Waals surface area contributed by atoms with Crippen LogP contribution in [0, 0.1) is 23.6 Å². The lowest BCUT2D eigenvalue weighted by Crippen LogP contribution is -2.36. The molecule has 0 radical (unpaired) electrons. The SMILES string of the molecule is CC1CCN(c2oc(C(CC3CCC(C(c4ccc(F)cc4)N(C)C)CC3)N3CCCCC3)nc2Cc2ccccc2)CC1. The van der Waals surface area contributed by atoms with E-state index in [1.807, 2.05) is 12.1 Å². The van der Waals surface area contributed by atoms with Gasteiger partial charge in [-0.1, -0.05) is 68.7 Å². The van der Waals surface area contributed by atoms with E-state index in [9.17, 15) is 4.39 Å². The highest BCUT2D eigenvalue weighted by Crippen LogP contribution is 2.44. The molecule has 6 rings (SSSR count). The molecule has 3 heterocycles. The van der Waals surface area contributed by atoms with Crippen LogP contribution >= 0.6 is 0 Å². The third-order valence-electron chi connectivity index (χ3n) is 10.8. The highest BCUT2D eigenvalue weighted by molar-refractivity contribution is 5.44. The van der Waals surface area contributed by atoms with Crippen molar-refractivity contribution in [2.45, 2.75) is 89.6 Å². The van der Waals surface area contributed by atoms with Gasteiger partial charge >= 0.3 is 0 Å². The van der Waals surface area contributed by atoms with E-state index < -0.39 is 0 Å². The number of rotatable bonds is 10. The molecule has 2 aromatic carbocycles. The fourth-order valence-electron chi connectivity index (χ4n) is 8.21. The summed E-state index contributed by atoms with van der Waals surface area (Å²) in [5.74, 6) is 3.85. The lowest BCUT2D eigenvalue weighted by Gasteiger charge is -2.40. The maximum Gasteiger partial charge on any atom is 0.219 e. The van der Waals surface area contributed by atoms with E-state index in [-0.39, 0.29) is 11.9 Å². The molecule has 6 heteroatoms. The van der Waals surface area contributed by atoms with E-state index in [0.717, 1.165) is 62.4 Å². The molecule has 1 aliphatic carbocycles. The number of hydrogen-bond acceptors (Lipinski definition) is 5. The third-order valence-corrected chi connectivity index (χ3v) is 10.8. The summed E-state index contributed by atoms with van der Waals surface area (Å²) in [4.78, 5) is 12.9. The molecule has 44 heavy (non-hydrogen) atoms. The summed E-state index contributed by atoms with van der Waals surface area (Å²) in [7, 11) is 4.34. The number of anilines is 1. The van der Waals surface area contributed by atoms with Gasteiger partial charge < -0.3 is 14.2 Å². The van der Waals surface area contributed by atoms with Crippen LogP contribution in [0.15, 0.2) is 59.0 Å². The van der Waals surface area contributed by atoms with Crippen molar-refractivity contribution in [3.63, 3.8) is 0 Å². The molecule has 1 saturated carbocycles. The topological polar surface area (TPSA) is 35.8 Å². The van der Waals surface area contributed by atoms with Crippen LogP contribution in [-0.2, 0) is 6.42 Å². The quantitative estimate of drug-likeness (QED) is 0.233. The normalized spacial score (nSPS) is 23.6. The molecule has 2 unspecified atom stereocenters. The van der Waals surface area contributed by atoms with E-state index in [1.165, 1.54) is 68.9 Å². The van der Waals surface area contributed by atoms with Crippen molar-refractivity contribution in [1.82, 2.24) is 14.8 Å². The molecule has 2 atom stereocenters. The van der Waals surface area contributed by atoms with E-state index >= 15 is 0 Å². The first-order valence-electron chi connectivity index (χ1n) is 17.4. The molecular weight excluding hydrogens is 547 g/mol. The van der Waals surface area contributed by atoms with Crippen LogP contribution in [0.3, 0.4) is 0 Å². The first kappa shape index (κ1) is 31.3. The Labute approximate surface area is 264 Å². The predicted molar refractivity (Wildman–Crippen MR) is 177 cm³/mol. The summed E-state index contributed by atoms with van der Waals surface area (Å²) in [5, 5.41) is 0. The first-order chi connectivity index (χ1) is 21.4. The van der Waals surface area contributed by atoms with Gasteiger partial charge in [0.25, 0.3) is 0 Å². The van der Waals surface area contributed by atoms with Crippen molar-refractivity contribution >= 4 is 5.88 Å². The fraction of sp³-hybridized carbons (Fsp3) is 0.605. The Balaban J connectivity index is 1.21. The summed E-state index contributed by atoms with van der Waals surface area (Å²) in [6.45, 7) is 6.75. The monoisotopic (exact) mass is 600 g/mol. The van der Waals surface area contributed by atoms with E-state index in [4.69, 9.17) is 9.40 Å². The Kier molecular flexibility index (Phi) is 10.4. The largest absolute Gasteiger partial charge is 0.423 e. The molecular formula is C38H53FN4O. The van der Waals surface area contributed by atoms with Gasteiger partial charge in [-0.3, -0.25) is 4.90 Å². The molecule has 0 N–H and O–H groups in total. The second-order valence-electron chi connectivity index (χ2n) is 14.2. The fourth-order valence-corrected chi connectivity index (χ4v) is 8.21. The Morgan fingerprint density at radius 1 is 0.864 bits per heavy atom. The Hall–Kier alpha value is -2.70. The standard InChI is InChI=1S/C38H53FN4O/c1-28-20-24-43(25-21-28)38-34(26-29-10-6-4-7-11-29)40-37(44-38)35(42-22-8-5-9-23-42)27-30-12-14-31(15-13-30)36(41(2)3)32-16-18-33(39)19-17-32/h4,6-7,10-11,16-19,28,30-31,35-36H,5,8-9,12-15,20-27H2,1-3H3.